The van der Waals surface area contributed by atoms with E-state index < -0.39 is 5.97 Å². The van der Waals surface area contributed by atoms with Gasteiger partial charge in [0.05, 0.1) is 18.4 Å². The number of rotatable bonds is 4. The minimum absolute atomic E-state index is 0.0970. The van der Waals surface area contributed by atoms with Crippen molar-refractivity contribution in [1.29, 1.82) is 5.26 Å². The highest BCUT2D eigenvalue weighted by Gasteiger charge is 2.21. The topological polar surface area (TPSA) is 90.3 Å². The summed E-state index contributed by atoms with van der Waals surface area (Å²) in [5, 5.41) is 9.19. The number of ether oxygens (including phenoxy) is 2. The van der Waals surface area contributed by atoms with Gasteiger partial charge in [-0.1, -0.05) is 6.07 Å². The number of anilines is 1. The Labute approximate surface area is 157 Å². The standard InChI is InChI=1S/C21H19N3O3/c1-13-4-7-18(10-14(13)2)27-17-8-5-16(6-9-17)24-12-15(11-22)19(23)20(24)21(25)26-3/h4-10,12H,23H2,1-3H3. The second-order valence-electron chi connectivity index (χ2n) is 6.12. The quantitative estimate of drug-likeness (QED) is 0.706. The molecule has 0 aliphatic heterocycles. The third kappa shape index (κ3) is 3.48. The van der Waals surface area contributed by atoms with Crippen LogP contribution in [0, 0.1) is 25.2 Å². The van der Waals surface area contributed by atoms with Crippen molar-refractivity contribution in [3.8, 4) is 23.3 Å². The van der Waals surface area contributed by atoms with E-state index in [0.717, 1.165) is 11.3 Å². The highest BCUT2D eigenvalue weighted by atomic mass is 16.5. The summed E-state index contributed by atoms with van der Waals surface area (Å²) < 4.78 is 12.2. The molecule has 2 aromatic carbocycles. The van der Waals surface area contributed by atoms with Crippen molar-refractivity contribution in [2.45, 2.75) is 13.8 Å². The summed E-state index contributed by atoms with van der Waals surface area (Å²) in [6, 6.07) is 15.0. The molecule has 0 aliphatic carbocycles. The van der Waals surface area contributed by atoms with Gasteiger partial charge in [-0.3, -0.25) is 0 Å². The molecule has 0 amide bonds. The summed E-state index contributed by atoms with van der Waals surface area (Å²) >= 11 is 0. The van der Waals surface area contributed by atoms with Crippen LogP contribution in [-0.4, -0.2) is 17.6 Å². The Balaban J connectivity index is 1.93. The molecule has 3 rings (SSSR count). The lowest BCUT2D eigenvalue weighted by molar-refractivity contribution is 0.0593. The number of nitriles is 1. The van der Waals surface area contributed by atoms with E-state index in [-0.39, 0.29) is 16.9 Å². The van der Waals surface area contributed by atoms with E-state index in [4.69, 9.17) is 15.2 Å². The first kappa shape index (κ1) is 18.1. The molecule has 0 unspecified atom stereocenters. The van der Waals surface area contributed by atoms with Crippen molar-refractivity contribution in [3.63, 3.8) is 0 Å². The van der Waals surface area contributed by atoms with Crippen molar-refractivity contribution >= 4 is 11.7 Å². The van der Waals surface area contributed by atoms with Crippen LogP contribution < -0.4 is 10.5 Å². The van der Waals surface area contributed by atoms with Gasteiger partial charge in [-0.15, -0.1) is 0 Å². The molecule has 0 fully saturated rings. The molecule has 1 heterocycles. The molecular formula is C21H19N3O3. The second kappa shape index (κ2) is 7.26. The lowest BCUT2D eigenvalue weighted by Gasteiger charge is -2.11. The van der Waals surface area contributed by atoms with Gasteiger partial charge in [0, 0.05) is 11.9 Å². The molecule has 3 aromatic rings. The van der Waals surface area contributed by atoms with Crippen LogP contribution in [0.15, 0.2) is 48.7 Å². The minimum atomic E-state index is -0.607. The molecule has 0 radical (unpaired) electrons. The SMILES string of the molecule is COC(=O)c1c(N)c(C#N)cn1-c1ccc(Oc2ccc(C)c(C)c2)cc1. The smallest absolute Gasteiger partial charge is 0.357 e. The number of nitrogen functional groups attached to an aromatic ring is 1. The third-order valence-electron chi connectivity index (χ3n) is 4.37. The zero-order valence-electron chi connectivity index (χ0n) is 15.3. The zero-order valence-corrected chi connectivity index (χ0v) is 15.3. The molecule has 0 atom stereocenters. The highest BCUT2D eigenvalue weighted by molar-refractivity contribution is 5.95. The number of aryl methyl sites for hydroxylation is 2. The molecule has 1 aromatic heterocycles. The number of nitrogens with zero attached hydrogens (tertiary/aromatic N) is 2. The van der Waals surface area contributed by atoms with Crippen molar-refractivity contribution in [3.05, 3.63) is 71.0 Å². The Hall–Kier alpha value is -3.72. The average Bonchev–Trinajstić information content (AvgIpc) is 3.01. The summed E-state index contributed by atoms with van der Waals surface area (Å²) in [4.78, 5) is 12.1. The first-order valence-electron chi connectivity index (χ1n) is 8.29. The van der Waals surface area contributed by atoms with Crippen molar-refractivity contribution in [2.75, 3.05) is 12.8 Å². The van der Waals surface area contributed by atoms with Crippen LogP contribution in [0.3, 0.4) is 0 Å². The van der Waals surface area contributed by atoms with Gasteiger partial charge < -0.3 is 19.8 Å². The highest BCUT2D eigenvalue weighted by Crippen LogP contribution is 2.28. The van der Waals surface area contributed by atoms with E-state index in [2.05, 4.69) is 0 Å². The number of carbonyl (C=O) groups excluding carboxylic acids is 1. The van der Waals surface area contributed by atoms with Crippen molar-refractivity contribution in [1.82, 2.24) is 4.57 Å². The Morgan fingerprint density at radius 2 is 1.74 bits per heavy atom. The van der Waals surface area contributed by atoms with Crippen LogP contribution in [0.5, 0.6) is 11.5 Å². The molecule has 0 spiro atoms. The summed E-state index contributed by atoms with van der Waals surface area (Å²) in [6.45, 7) is 4.08. The van der Waals surface area contributed by atoms with E-state index in [9.17, 15) is 10.1 Å². The lowest BCUT2D eigenvalue weighted by atomic mass is 10.1. The van der Waals surface area contributed by atoms with Gasteiger partial charge in [0.2, 0.25) is 0 Å². The molecule has 0 saturated heterocycles. The van der Waals surface area contributed by atoms with Gasteiger partial charge in [0.1, 0.15) is 17.6 Å². The van der Waals surface area contributed by atoms with Crippen LogP contribution in [0.1, 0.15) is 27.2 Å². The second-order valence-corrected chi connectivity index (χ2v) is 6.12. The number of methoxy groups -OCH3 is 1. The van der Waals surface area contributed by atoms with Gasteiger partial charge in [-0.25, -0.2) is 4.79 Å². The molecule has 136 valence electrons. The maximum atomic E-state index is 12.1. The Kier molecular flexibility index (Phi) is 4.86. The van der Waals surface area contributed by atoms with Crippen LogP contribution in [-0.2, 0) is 4.74 Å². The number of nitrogens with two attached hydrogens (primary N) is 1. The predicted molar refractivity (Wildman–Crippen MR) is 102 cm³/mol. The molecule has 6 heteroatoms. The van der Waals surface area contributed by atoms with Crippen LogP contribution in [0.25, 0.3) is 5.69 Å². The van der Waals surface area contributed by atoms with E-state index in [1.807, 2.05) is 38.1 Å². The average molecular weight is 361 g/mol. The maximum Gasteiger partial charge on any atom is 0.357 e. The lowest BCUT2D eigenvalue weighted by Crippen LogP contribution is -2.11. The molecule has 27 heavy (non-hydrogen) atoms. The fraction of sp³-hybridized carbons (Fsp3) is 0.143. The number of aromatic nitrogens is 1. The summed E-state index contributed by atoms with van der Waals surface area (Å²) in [5.74, 6) is 0.796. The molecule has 2 N–H and O–H groups in total. The monoisotopic (exact) mass is 361 g/mol. The van der Waals surface area contributed by atoms with Gasteiger partial charge >= 0.3 is 5.97 Å². The first-order chi connectivity index (χ1) is 12.9. The zero-order chi connectivity index (χ0) is 19.6. The Morgan fingerprint density at radius 1 is 1.07 bits per heavy atom. The summed E-state index contributed by atoms with van der Waals surface area (Å²) in [5.41, 5.74) is 9.37. The predicted octanol–water partition coefficient (Wildman–Crippen LogP) is 4.13. The van der Waals surface area contributed by atoms with Crippen molar-refractivity contribution < 1.29 is 14.3 Å². The number of hydrogen-bond donors (Lipinski definition) is 1. The van der Waals surface area contributed by atoms with E-state index in [0.29, 0.717) is 11.4 Å². The molecule has 6 nitrogen and oxygen atoms in total. The van der Waals surface area contributed by atoms with Gasteiger partial charge in [0.25, 0.3) is 0 Å². The third-order valence-corrected chi connectivity index (χ3v) is 4.37. The van der Waals surface area contributed by atoms with Crippen LogP contribution in [0.4, 0.5) is 5.69 Å². The van der Waals surface area contributed by atoms with E-state index in [1.165, 1.54) is 18.9 Å². The Bertz CT molecular complexity index is 1040. The molecule has 0 bridgehead atoms. The molecule has 0 saturated carbocycles. The fourth-order valence-electron chi connectivity index (χ4n) is 2.71. The van der Waals surface area contributed by atoms with E-state index in [1.54, 1.807) is 28.8 Å². The summed E-state index contributed by atoms with van der Waals surface area (Å²) in [7, 11) is 1.27. The number of esters is 1. The normalized spacial score (nSPS) is 10.3. The number of benzene rings is 2. The molecular weight excluding hydrogens is 342 g/mol. The van der Waals surface area contributed by atoms with Gasteiger partial charge in [0.15, 0.2) is 5.69 Å². The number of hydrogen-bond acceptors (Lipinski definition) is 5. The van der Waals surface area contributed by atoms with Gasteiger partial charge in [-0.05, 0) is 61.4 Å². The molecule has 0 aliphatic rings. The number of carbonyl (C=O) groups is 1. The Morgan fingerprint density at radius 3 is 2.33 bits per heavy atom. The van der Waals surface area contributed by atoms with Gasteiger partial charge in [-0.2, -0.15) is 5.26 Å². The van der Waals surface area contributed by atoms with E-state index >= 15 is 0 Å². The van der Waals surface area contributed by atoms with Crippen molar-refractivity contribution in [2.24, 2.45) is 0 Å². The van der Waals surface area contributed by atoms with Crippen LogP contribution >= 0.6 is 0 Å². The fourth-order valence-corrected chi connectivity index (χ4v) is 2.71. The largest absolute Gasteiger partial charge is 0.464 e. The van der Waals surface area contributed by atoms with Crippen LogP contribution in [0.2, 0.25) is 0 Å². The minimum Gasteiger partial charge on any atom is -0.464 e. The maximum absolute atomic E-state index is 12.1. The first-order valence-corrected chi connectivity index (χ1v) is 8.29. The summed E-state index contributed by atoms with van der Waals surface area (Å²) in [6.07, 6.45) is 1.51.